The standard InChI is InChI=1S/C18H19ClFN3O5S3/c1-11(16-5-6-17(19)29-16)10-31(27,28)22-14-7-8-23(18(14)24)15-4-3-12(9-13(15)20)21-30(2,25)26/h3-6,9-10,14,21-22H,7-8H2,1-2H3/b11-10+/t14-/m0/s1. The van der Waals surface area contributed by atoms with Gasteiger partial charge in [-0.05, 0) is 43.2 Å². The number of hydrogen-bond donors (Lipinski definition) is 2. The number of amides is 1. The molecule has 1 aromatic heterocycles. The number of sulfonamides is 2. The number of allylic oxidation sites excluding steroid dienone is 1. The zero-order valence-corrected chi connectivity index (χ0v) is 19.6. The molecule has 3 rings (SSSR count). The maximum absolute atomic E-state index is 14.5. The quantitative estimate of drug-likeness (QED) is 0.598. The van der Waals surface area contributed by atoms with E-state index >= 15 is 0 Å². The topological polar surface area (TPSA) is 113 Å². The van der Waals surface area contributed by atoms with E-state index in [0.717, 1.165) is 22.6 Å². The van der Waals surface area contributed by atoms with Gasteiger partial charge in [-0.3, -0.25) is 9.52 Å². The van der Waals surface area contributed by atoms with Crippen molar-refractivity contribution in [2.24, 2.45) is 0 Å². The molecule has 1 atom stereocenters. The van der Waals surface area contributed by atoms with Crippen LogP contribution in [0.5, 0.6) is 0 Å². The van der Waals surface area contributed by atoms with Crippen molar-refractivity contribution in [1.82, 2.24) is 4.72 Å². The van der Waals surface area contributed by atoms with Crippen molar-refractivity contribution in [1.29, 1.82) is 0 Å². The predicted molar refractivity (Wildman–Crippen MR) is 121 cm³/mol. The lowest BCUT2D eigenvalue weighted by atomic mass is 10.2. The number of carbonyl (C=O) groups excluding carboxylic acids is 1. The summed E-state index contributed by atoms with van der Waals surface area (Å²) in [7, 11) is -7.53. The average Bonchev–Trinajstić information content (AvgIpc) is 3.20. The molecule has 168 valence electrons. The number of benzene rings is 1. The van der Waals surface area contributed by atoms with E-state index in [4.69, 9.17) is 11.6 Å². The largest absolute Gasteiger partial charge is 0.308 e. The van der Waals surface area contributed by atoms with Gasteiger partial charge in [-0.15, -0.1) is 11.3 Å². The minimum Gasteiger partial charge on any atom is -0.308 e. The van der Waals surface area contributed by atoms with E-state index < -0.39 is 37.8 Å². The third-order valence-electron chi connectivity index (χ3n) is 4.35. The molecule has 0 bridgehead atoms. The third kappa shape index (κ3) is 6.04. The lowest BCUT2D eigenvalue weighted by Gasteiger charge is -2.18. The minimum atomic E-state index is -3.95. The van der Waals surface area contributed by atoms with Crippen molar-refractivity contribution >= 4 is 65.8 Å². The summed E-state index contributed by atoms with van der Waals surface area (Å²) in [6.45, 7) is 1.72. The van der Waals surface area contributed by atoms with E-state index in [0.29, 0.717) is 14.8 Å². The van der Waals surface area contributed by atoms with E-state index in [1.54, 1.807) is 19.1 Å². The Hall–Kier alpha value is -1.99. The summed E-state index contributed by atoms with van der Waals surface area (Å²) in [5.74, 6) is -1.41. The van der Waals surface area contributed by atoms with E-state index in [2.05, 4.69) is 9.44 Å². The molecular weight excluding hydrogens is 489 g/mol. The summed E-state index contributed by atoms with van der Waals surface area (Å²) in [5, 5.41) is 1.03. The molecule has 0 spiro atoms. The Bertz CT molecular complexity index is 1260. The molecule has 0 saturated carbocycles. The van der Waals surface area contributed by atoms with E-state index in [-0.39, 0.29) is 24.3 Å². The minimum absolute atomic E-state index is 0.0157. The molecular formula is C18H19ClFN3O5S3. The van der Waals surface area contributed by atoms with Crippen molar-refractivity contribution in [3.63, 3.8) is 0 Å². The highest BCUT2D eigenvalue weighted by molar-refractivity contribution is 7.92. The van der Waals surface area contributed by atoms with Crippen molar-refractivity contribution in [2.45, 2.75) is 19.4 Å². The second-order valence-electron chi connectivity index (χ2n) is 6.94. The molecule has 0 radical (unpaired) electrons. The van der Waals surface area contributed by atoms with Crippen LogP contribution in [0.2, 0.25) is 4.34 Å². The van der Waals surface area contributed by atoms with Crippen LogP contribution in [0, 0.1) is 5.82 Å². The van der Waals surface area contributed by atoms with Crippen molar-refractivity contribution < 1.29 is 26.0 Å². The Morgan fingerprint density at radius 1 is 1.26 bits per heavy atom. The first-order valence-corrected chi connectivity index (χ1v) is 13.5. The fourth-order valence-corrected chi connectivity index (χ4v) is 6.00. The summed E-state index contributed by atoms with van der Waals surface area (Å²) in [4.78, 5) is 14.5. The first-order chi connectivity index (χ1) is 14.3. The lowest BCUT2D eigenvalue weighted by molar-refractivity contribution is -0.118. The third-order valence-corrected chi connectivity index (χ3v) is 7.60. The average molecular weight is 508 g/mol. The van der Waals surface area contributed by atoms with Crippen molar-refractivity contribution in [3.05, 3.63) is 50.8 Å². The molecule has 2 heterocycles. The molecule has 2 aromatic rings. The number of nitrogens with one attached hydrogen (secondary N) is 2. The van der Waals surface area contributed by atoms with Gasteiger partial charge in [0.2, 0.25) is 26.0 Å². The second-order valence-corrected chi connectivity index (χ2v) is 12.0. The molecule has 1 amide bonds. The highest BCUT2D eigenvalue weighted by Crippen LogP contribution is 2.29. The highest BCUT2D eigenvalue weighted by atomic mass is 35.5. The summed E-state index contributed by atoms with van der Waals surface area (Å²) in [6, 6.07) is 5.85. The Morgan fingerprint density at radius 3 is 2.55 bits per heavy atom. The van der Waals surface area contributed by atoms with Crippen molar-refractivity contribution in [3.8, 4) is 0 Å². The maximum atomic E-state index is 14.5. The molecule has 0 aliphatic carbocycles. The first-order valence-electron chi connectivity index (χ1n) is 8.90. The number of thiophene rings is 1. The molecule has 1 fully saturated rings. The summed E-state index contributed by atoms with van der Waals surface area (Å²) in [5.41, 5.74) is 0.416. The second kappa shape index (κ2) is 8.87. The summed E-state index contributed by atoms with van der Waals surface area (Å²) >= 11 is 7.10. The Kier molecular flexibility index (Phi) is 6.77. The van der Waals surface area contributed by atoms with Gasteiger partial charge in [0, 0.05) is 17.5 Å². The van der Waals surface area contributed by atoms with Crippen LogP contribution < -0.4 is 14.3 Å². The van der Waals surface area contributed by atoms with Crippen LogP contribution in [0.4, 0.5) is 15.8 Å². The van der Waals surface area contributed by atoms with Crippen LogP contribution in [0.3, 0.4) is 0 Å². The van der Waals surface area contributed by atoms with Crippen LogP contribution in [0.15, 0.2) is 35.7 Å². The van der Waals surface area contributed by atoms with Gasteiger partial charge in [-0.1, -0.05) is 11.6 Å². The Labute approximate surface area is 188 Å². The van der Waals surface area contributed by atoms with Crippen LogP contribution >= 0.6 is 22.9 Å². The van der Waals surface area contributed by atoms with Gasteiger partial charge in [0.05, 0.1) is 27.4 Å². The maximum Gasteiger partial charge on any atom is 0.245 e. The monoisotopic (exact) mass is 507 g/mol. The van der Waals surface area contributed by atoms with Gasteiger partial charge in [-0.2, -0.15) is 4.72 Å². The number of rotatable bonds is 7. The highest BCUT2D eigenvalue weighted by Gasteiger charge is 2.36. The van der Waals surface area contributed by atoms with Crippen LogP contribution in [-0.4, -0.2) is 41.6 Å². The van der Waals surface area contributed by atoms with E-state index in [1.165, 1.54) is 23.5 Å². The van der Waals surface area contributed by atoms with Crippen molar-refractivity contribution in [2.75, 3.05) is 22.4 Å². The lowest BCUT2D eigenvalue weighted by Crippen LogP contribution is -2.41. The number of halogens is 2. The van der Waals surface area contributed by atoms with E-state index in [1.807, 2.05) is 0 Å². The number of hydrogen-bond acceptors (Lipinski definition) is 6. The van der Waals surface area contributed by atoms with E-state index in [9.17, 15) is 26.0 Å². The smallest absolute Gasteiger partial charge is 0.245 e. The molecule has 31 heavy (non-hydrogen) atoms. The predicted octanol–water partition coefficient (Wildman–Crippen LogP) is 3.00. The molecule has 1 aromatic carbocycles. The first kappa shape index (κ1) is 23.7. The fourth-order valence-electron chi connectivity index (χ4n) is 3.08. The van der Waals surface area contributed by atoms with Gasteiger partial charge in [0.15, 0.2) is 0 Å². The Balaban J connectivity index is 1.74. The molecule has 1 aliphatic heterocycles. The van der Waals surface area contributed by atoms with Gasteiger partial charge < -0.3 is 4.90 Å². The van der Waals surface area contributed by atoms with Crippen LogP contribution in [0.25, 0.3) is 5.57 Å². The normalized spacial score (nSPS) is 17.9. The zero-order chi connectivity index (χ0) is 23.0. The van der Waals surface area contributed by atoms with Gasteiger partial charge >= 0.3 is 0 Å². The molecule has 13 heteroatoms. The number of carbonyl (C=O) groups is 1. The summed E-state index contributed by atoms with van der Waals surface area (Å²) < 4.78 is 67.0. The van der Waals surface area contributed by atoms with Gasteiger partial charge in [-0.25, -0.2) is 21.2 Å². The SMILES string of the molecule is C/C(=C\S(=O)(=O)N[C@H]1CCN(c2ccc(NS(C)(=O)=O)cc2F)C1=O)c1ccc(Cl)s1. The molecule has 1 saturated heterocycles. The molecule has 8 nitrogen and oxygen atoms in total. The number of anilines is 2. The van der Waals surface area contributed by atoms with Gasteiger partial charge in [0.25, 0.3) is 0 Å². The molecule has 1 aliphatic rings. The number of nitrogens with zero attached hydrogens (tertiary/aromatic N) is 1. The molecule has 0 unspecified atom stereocenters. The van der Waals surface area contributed by atoms with Gasteiger partial charge in [0.1, 0.15) is 11.9 Å². The summed E-state index contributed by atoms with van der Waals surface area (Å²) in [6.07, 6.45) is 1.08. The Morgan fingerprint density at radius 2 is 1.97 bits per heavy atom. The fraction of sp³-hybridized carbons (Fsp3) is 0.278. The van der Waals surface area contributed by atoms with Crippen LogP contribution in [0.1, 0.15) is 18.2 Å². The molecule has 2 N–H and O–H groups in total. The zero-order valence-electron chi connectivity index (χ0n) is 16.4. The van der Waals surface area contributed by atoms with Crippen LogP contribution in [-0.2, 0) is 24.8 Å².